The van der Waals surface area contributed by atoms with Gasteiger partial charge in [-0.15, -0.1) is 0 Å². The van der Waals surface area contributed by atoms with Crippen molar-refractivity contribution >= 4 is 17.4 Å². The van der Waals surface area contributed by atoms with E-state index in [4.69, 9.17) is 11.6 Å². The molecule has 0 saturated carbocycles. The maximum absolute atomic E-state index is 12.2. The molecule has 18 heavy (non-hydrogen) atoms. The largest absolute Gasteiger partial charge is 0.294 e. The number of hydrogen-bond acceptors (Lipinski definition) is 2. The minimum Gasteiger partial charge on any atom is -0.294 e. The zero-order chi connectivity index (χ0) is 13.1. The molecule has 1 aromatic carbocycles. The number of halogens is 1. The van der Waals surface area contributed by atoms with Gasteiger partial charge in [-0.2, -0.15) is 0 Å². The molecule has 0 N–H and O–H groups in total. The number of ketones is 1. The zero-order valence-electron chi connectivity index (χ0n) is 10.4. The van der Waals surface area contributed by atoms with Crippen LogP contribution in [0.15, 0.2) is 36.4 Å². The van der Waals surface area contributed by atoms with Crippen LogP contribution in [0, 0.1) is 13.8 Å². The van der Waals surface area contributed by atoms with Gasteiger partial charge in [0, 0.05) is 28.4 Å². The molecule has 1 aromatic heterocycles. The summed E-state index contributed by atoms with van der Waals surface area (Å²) in [6.07, 6.45) is 0.378. The van der Waals surface area contributed by atoms with Crippen LogP contribution < -0.4 is 0 Å². The summed E-state index contributed by atoms with van der Waals surface area (Å²) in [5.41, 5.74) is 3.37. The molecule has 0 amide bonds. The second kappa shape index (κ2) is 5.32. The molecule has 0 aliphatic rings. The van der Waals surface area contributed by atoms with Gasteiger partial charge < -0.3 is 0 Å². The fourth-order valence-electron chi connectivity index (χ4n) is 1.86. The van der Waals surface area contributed by atoms with E-state index < -0.39 is 0 Å². The number of aryl methyl sites for hydroxylation is 2. The molecule has 0 unspecified atom stereocenters. The average molecular weight is 260 g/mol. The maximum Gasteiger partial charge on any atom is 0.169 e. The highest BCUT2D eigenvalue weighted by Gasteiger charge is 2.10. The molecule has 92 valence electrons. The van der Waals surface area contributed by atoms with Gasteiger partial charge in [0.25, 0.3) is 0 Å². The van der Waals surface area contributed by atoms with Crippen molar-refractivity contribution in [2.75, 3.05) is 0 Å². The van der Waals surface area contributed by atoms with Gasteiger partial charge in [0.1, 0.15) is 0 Å². The quantitative estimate of drug-likeness (QED) is 0.786. The van der Waals surface area contributed by atoms with E-state index >= 15 is 0 Å². The third kappa shape index (κ3) is 2.96. The topological polar surface area (TPSA) is 30.0 Å². The third-order valence-electron chi connectivity index (χ3n) is 2.80. The van der Waals surface area contributed by atoms with Gasteiger partial charge in [-0.05, 0) is 43.7 Å². The Morgan fingerprint density at radius 2 is 1.78 bits per heavy atom. The lowest BCUT2D eigenvalue weighted by molar-refractivity contribution is 0.0992. The van der Waals surface area contributed by atoms with E-state index in [2.05, 4.69) is 4.98 Å². The number of pyridine rings is 1. The van der Waals surface area contributed by atoms with Crippen LogP contribution in [-0.2, 0) is 6.42 Å². The molecule has 3 heteroatoms. The summed E-state index contributed by atoms with van der Waals surface area (Å²) >= 11 is 5.81. The Balaban J connectivity index is 2.19. The van der Waals surface area contributed by atoms with Crippen LogP contribution in [-0.4, -0.2) is 10.8 Å². The first-order valence-corrected chi connectivity index (χ1v) is 6.16. The van der Waals surface area contributed by atoms with Gasteiger partial charge in [0.15, 0.2) is 5.78 Å². The number of aromatic nitrogens is 1. The lowest BCUT2D eigenvalue weighted by atomic mass is 10.0. The first-order chi connectivity index (χ1) is 8.56. The second-order valence-corrected chi connectivity index (χ2v) is 4.75. The molecule has 0 radical (unpaired) electrons. The SMILES string of the molecule is Cc1ccc(C(=O)Cc2ccc(Cl)cc2)c(C)n1. The molecule has 0 fully saturated rings. The number of Topliss-reactive ketones (excluding diaryl/α,β-unsaturated/α-hetero) is 1. The number of hydrogen-bond donors (Lipinski definition) is 0. The van der Waals surface area contributed by atoms with Gasteiger partial charge in [0.05, 0.1) is 0 Å². The zero-order valence-corrected chi connectivity index (χ0v) is 11.2. The van der Waals surface area contributed by atoms with E-state index in [1.165, 1.54) is 0 Å². The lowest BCUT2D eigenvalue weighted by Crippen LogP contribution is -2.07. The van der Waals surface area contributed by atoms with E-state index in [-0.39, 0.29) is 5.78 Å². The molecule has 0 spiro atoms. The summed E-state index contributed by atoms with van der Waals surface area (Å²) in [7, 11) is 0. The van der Waals surface area contributed by atoms with Crippen LogP contribution in [0.3, 0.4) is 0 Å². The summed E-state index contributed by atoms with van der Waals surface area (Å²) < 4.78 is 0. The Bertz CT molecular complexity index is 576. The molecule has 2 rings (SSSR count). The van der Waals surface area contributed by atoms with Crippen molar-refractivity contribution in [3.8, 4) is 0 Å². The molecular weight excluding hydrogens is 246 g/mol. The summed E-state index contributed by atoms with van der Waals surface area (Å²) in [5, 5.41) is 0.680. The number of benzene rings is 1. The summed E-state index contributed by atoms with van der Waals surface area (Å²) in [4.78, 5) is 16.5. The first-order valence-electron chi connectivity index (χ1n) is 5.78. The molecule has 0 atom stereocenters. The first kappa shape index (κ1) is 12.8. The second-order valence-electron chi connectivity index (χ2n) is 4.31. The van der Waals surface area contributed by atoms with Crippen LogP contribution in [0.5, 0.6) is 0 Å². The number of rotatable bonds is 3. The van der Waals surface area contributed by atoms with Crippen molar-refractivity contribution in [3.05, 3.63) is 63.9 Å². The van der Waals surface area contributed by atoms with Crippen molar-refractivity contribution in [2.24, 2.45) is 0 Å². The monoisotopic (exact) mass is 259 g/mol. The van der Waals surface area contributed by atoms with Gasteiger partial charge in [0.2, 0.25) is 0 Å². The Morgan fingerprint density at radius 3 is 2.39 bits per heavy atom. The third-order valence-corrected chi connectivity index (χ3v) is 3.06. The fraction of sp³-hybridized carbons (Fsp3) is 0.200. The Labute approximate surface area is 112 Å². The van der Waals surface area contributed by atoms with Crippen molar-refractivity contribution < 1.29 is 4.79 Å². The van der Waals surface area contributed by atoms with Crippen LogP contribution in [0.1, 0.15) is 27.3 Å². The fourth-order valence-corrected chi connectivity index (χ4v) is 1.99. The van der Waals surface area contributed by atoms with E-state index in [9.17, 15) is 4.79 Å². The number of carbonyl (C=O) groups excluding carboxylic acids is 1. The van der Waals surface area contributed by atoms with E-state index in [0.717, 1.165) is 17.0 Å². The van der Waals surface area contributed by atoms with Crippen molar-refractivity contribution in [1.29, 1.82) is 0 Å². The Hall–Kier alpha value is -1.67. The highest BCUT2D eigenvalue weighted by molar-refractivity contribution is 6.30. The van der Waals surface area contributed by atoms with Crippen molar-refractivity contribution in [2.45, 2.75) is 20.3 Å². The molecule has 0 aliphatic carbocycles. The van der Waals surface area contributed by atoms with Crippen molar-refractivity contribution in [3.63, 3.8) is 0 Å². The Morgan fingerprint density at radius 1 is 1.11 bits per heavy atom. The van der Waals surface area contributed by atoms with E-state index in [1.54, 1.807) is 12.1 Å². The predicted octanol–water partition coefficient (Wildman–Crippen LogP) is 3.78. The molecule has 0 aliphatic heterocycles. The lowest BCUT2D eigenvalue weighted by Gasteiger charge is -2.05. The molecule has 2 nitrogen and oxygen atoms in total. The van der Waals surface area contributed by atoms with Crippen LogP contribution in [0.4, 0.5) is 0 Å². The van der Waals surface area contributed by atoms with Crippen molar-refractivity contribution in [1.82, 2.24) is 4.98 Å². The molecular formula is C15H14ClNO. The average Bonchev–Trinajstić information content (AvgIpc) is 2.32. The van der Waals surface area contributed by atoms with E-state index in [0.29, 0.717) is 17.0 Å². The van der Waals surface area contributed by atoms with E-state index in [1.807, 2.05) is 38.1 Å². The molecule has 1 heterocycles. The smallest absolute Gasteiger partial charge is 0.169 e. The standard InChI is InChI=1S/C15H14ClNO/c1-10-3-8-14(11(2)17-10)15(18)9-12-4-6-13(16)7-5-12/h3-8H,9H2,1-2H3. The van der Waals surface area contributed by atoms with Crippen LogP contribution in [0.25, 0.3) is 0 Å². The summed E-state index contributed by atoms with van der Waals surface area (Å²) in [6.45, 7) is 3.78. The molecule has 2 aromatic rings. The highest BCUT2D eigenvalue weighted by atomic mass is 35.5. The normalized spacial score (nSPS) is 10.4. The van der Waals surface area contributed by atoms with Crippen LogP contribution in [0.2, 0.25) is 5.02 Å². The van der Waals surface area contributed by atoms with Gasteiger partial charge in [-0.25, -0.2) is 0 Å². The van der Waals surface area contributed by atoms with Crippen LogP contribution >= 0.6 is 11.6 Å². The van der Waals surface area contributed by atoms with Gasteiger partial charge in [-0.1, -0.05) is 23.7 Å². The van der Waals surface area contributed by atoms with Gasteiger partial charge in [-0.3, -0.25) is 9.78 Å². The minimum atomic E-state index is 0.0855. The number of carbonyl (C=O) groups is 1. The minimum absolute atomic E-state index is 0.0855. The van der Waals surface area contributed by atoms with Gasteiger partial charge >= 0.3 is 0 Å². The molecule has 0 bridgehead atoms. The number of nitrogens with zero attached hydrogens (tertiary/aromatic N) is 1. The summed E-state index contributed by atoms with van der Waals surface area (Å²) in [6, 6.07) is 11.0. The maximum atomic E-state index is 12.2. The molecule has 0 saturated heterocycles. The highest BCUT2D eigenvalue weighted by Crippen LogP contribution is 2.14. The summed E-state index contributed by atoms with van der Waals surface area (Å²) in [5.74, 6) is 0.0855. The predicted molar refractivity (Wildman–Crippen MR) is 73.2 cm³/mol. The Kier molecular flexibility index (Phi) is 3.78.